The molecule has 0 fully saturated rings. The van der Waals surface area contributed by atoms with E-state index in [0.717, 1.165) is 41.8 Å². The predicted octanol–water partition coefficient (Wildman–Crippen LogP) is 4.24. The second-order valence-corrected chi connectivity index (χ2v) is 6.70. The van der Waals surface area contributed by atoms with Crippen molar-refractivity contribution in [3.8, 4) is 0 Å². The molecule has 0 amide bonds. The maximum absolute atomic E-state index is 12.7. The highest BCUT2D eigenvalue weighted by atomic mass is 19.4. The average molecular weight is 408 g/mol. The van der Waals surface area contributed by atoms with E-state index in [0.29, 0.717) is 12.8 Å². The predicted molar refractivity (Wildman–Crippen MR) is 101 cm³/mol. The van der Waals surface area contributed by atoms with Crippen molar-refractivity contribution >= 4 is 11.8 Å². The average Bonchev–Trinajstić information content (AvgIpc) is 2.72. The molecule has 1 N–H and O–H groups in total. The van der Waals surface area contributed by atoms with Gasteiger partial charge in [-0.3, -0.25) is 9.59 Å². The van der Waals surface area contributed by atoms with Crippen LogP contribution in [0.25, 0.3) is 0 Å². The fraction of sp³-hybridized carbons (Fsp3) is 0.364. The zero-order chi connectivity index (χ0) is 21.4. The van der Waals surface area contributed by atoms with Crippen molar-refractivity contribution in [2.24, 2.45) is 5.92 Å². The van der Waals surface area contributed by atoms with Gasteiger partial charge in [0.05, 0.1) is 12.7 Å². The molecule has 0 aliphatic rings. The van der Waals surface area contributed by atoms with Crippen LogP contribution in [-0.4, -0.2) is 30.6 Å². The Bertz CT molecular complexity index is 811. The lowest BCUT2D eigenvalue weighted by atomic mass is 9.91. The maximum atomic E-state index is 12.7. The summed E-state index contributed by atoms with van der Waals surface area (Å²) in [4.78, 5) is 24.8. The number of esters is 1. The number of aliphatic hydroxyl groups excluding tert-OH is 1. The molecule has 0 saturated carbocycles. The summed E-state index contributed by atoms with van der Waals surface area (Å²) in [5.74, 6) is -2.37. The van der Waals surface area contributed by atoms with Gasteiger partial charge in [-0.1, -0.05) is 36.4 Å². The molecule has 2 rings (SSSR count). The highest BCUT2D eigenvalue weighted by Gasteiger charge is 2.32. The first-order valence-electron chi connectivity index (χ1n) is 9.24. The molecule has 2 aromatic carbocycles. The highest BCUT2D eigenvalue weighted by Crippen LogP contribution is 2.29. The van der Waals surface area contributed by atoms with Gasteiger partial charge in [0.25, 0.3) is 0 Å². The lowest BCUT2D eigenvalue weighted by Crippen LogP contribution is -2.26. The van der Waals surface area contributed by atoms with Gasteiger partial charge in [-0.2, -0.15) is 13.2 Å². The summed E-state index contributed by atoms with van der Waals surface area (Å²) in [5, 5.41) is 8.87. The standard InChI is InChI=1S/C22H23F3O4/c1-29-21(28)19(13-8-16-6-4-15(5-7-16)3-2-14-26)20(27)17-9-11-18(12-10-17)22(23,24)25/h4-7,9-12,19,26H,2-3,8,13-14H2,1H3. The van der Waals surface area contributed by atoms with Gasteiger partial charge in [-0.25, -0.2) is 0 Å². The molecule has 0 spiro atoms. The molecule has 156 valence electrons. The second-order valence-electron chi connectivity index (χ2n) is 6.70. The van der Waals surface area contributed by atoms with Crippen LogP contribution in [0.5, 0.6) is 0 Å². The van der Waals surface area contributed by atoms with Gasteiger partial charge in [-0.05, 0) is 48.9 Å². The van der Waals surface area contributed by atoms with E-state index in [1.165, 1.54) is 7.11 Å². The van der Waals surface area contributed by atoms with Crippen LogP contribution in [0.4, 0.5) is 13.2 Å². The molecule has 0 saturated heterocycles. The van der Waals surface area contributed by atoms with E-state index in [1.807, 2.05) is 24.3 Å². The number of aryl methyl sites for hydroxylation is 2. The summed E-state index contributed by atoms with van der Waals surface area (Å²) in [6.07, 6.45) is -2.44. The molecular formula is C22H23F3O4. The van der Waals surface area contributed by atoms with Crippen molar-refractivity contribution in [3.63, 3.8) is 0 Å². The lowest BCUT2D eigenvalue weighted by Gasteiger charge is -2.14. The number of aliphatic hydroxyl groups is 1. The topological polar surface area (TPSA) is 63.6 Å². The first-order chi connectivity index (χ1) is 13.8. The van der Waals surface area contributed by atoms with Gasteiger partial charge < -0.3 is 9.84 Å². The van der Waals surface area contributed by atoms with Crippen LogP contribution in [-0.2, 0) is 28.5 Å². The molecule has 0 heterocycles. The van der Waals surface area contributed by atoms with E-state index < -0.39 is 29.4 Å². The van der Waals surface area contributed by atoms with Crippen molar-refractivity contribution in [1.29, 1.82) is 0 Å². The molecule has 29 heavy (non-hydrogen) atoms. The molecule has 1 atom stereocenters. The number of ketones is 1. The van der Waals surface area contributed by atoms with Gasteiger partial charge in [0.1, 0.15) is 5.92 Å². The minimum atomic E-state index is -4.49. The van der Waals surface area contributed by atoms with Gasteiger partial charge in [0.2, 0.25) is 0 Å². The number of ether oxygens (including phenoxy) is 1. The van der Waals surface area contributed by atoms with Crippen molar-refractivity contribution < 1.29 is 32.6 Å². The monoisotopic (exact) mass is 408 g/mol. The van der Waals surface area contributed by atoms with Crippen LogP contribution in [0.2, 0.25) is 0 Å². The van der Waals surface area contributed by atoms with Crippen LogP contribution in [0.1, 0.15) is 39.9 Å². The number of halogens is 3. The molecule has 0 bridgehead atoms. The number of carbonyl (C=O) groups excluding carboxylic acids is 2. The van der Waals surface area contributed by atoms with E-state index >= 15 is 0 Å². The van der Waals surface area contributed by atoms with Crippen molar-refractivity contribution in [2.75, 3.05) is 13.7 Å². The number of methoxy groups -OCH3 is 1. The maximum Gasteiger partial charge on any atom is 0.416 e. The molecule has 0 aliphatic carbocycles. The third-order valence-corrected chi connectivity index (χ3v) is 4.67. The van der Waals surface area contributed by atoms with Gasteiger partial charge in [-0.15, -0.1) is 0 Å². The fourth-order valence-corrected chi connectivity index (χ4v) is 2.99. The summed E-state index contributed by atoms with van der Waals surface area (Å²) in [6.45, 7) is 0.120. The first kappa shape index (κ1) is 22.6. The van der Waals surface area contributed by atoms with E-state index in [2.05, 4.69) is 0 Å². The Labute approximate surface area is 167 Å². The zero-order valence-electron chi connectivity index (χ0n) is 16.0. The molecule has 4 nitrogen and oxygen atoms in total. The molecule has 1 unspecified atom stereocenters. The summed E-state index contributed by atoms with van der Waals surface area (Å²) in [5.41, 5.74) is 1.18. The molecule has 0 radical (unpaired) electrons. The summed E-state index contributed by atoms with van der Waals surface area (Å²) >= 11 is 0. The number of benzene rings is 2. The molecule has 0 aliphatic heterocycles. The molecule has 2 aromatic rings. The number of carbonyl (C=O) groups is 2. The minimum Gasteiger partial charge on any atom is -0.468 e. The van der Waals surface area contributed by atoms with E-state index in [9.17, 15) is 22.8 Å². The first-order valence-corrected chi connectivity index (χ1v) is 9.24. The van der Waals surface area contributed by atoms with Crippen molar-refractivity contribution in [1.82, 2.24) is 0 Å². The SMILES string of the molecule is COC(=O)C(CCc1ccc(CCCO)cc1)C(=O)c1ccc(C(F)(F)F)cc1. The summed E-state index contributed by atoms with van der Waals surface area (Å²) in [7, 11) is 1.17. The Morgan fingerprint density at radius 1 is 0.966 bits per heavy atom. The Balaban J connectivity index is 2.09. The Hall–Kier alpha value is -2.67. The van der Waals surface area contributed by atoms with Gasteiger partial charge in [0.15, 0.2) is 5.78 Å². The van der Waals surface area contributed by atoms with Crippen molar-refractivity contribution in [2.45, 2.75) is 31.9 Å². The normalized spacial score (nSPS) is 12.4. The quantitative estimate of drug-likeness (QED) is 0.383. The van der Waals surface area contributed by atoms with E-state index in [1.54, 1.807) is 0 Å². The van der Waals surface area contributed by atoms with Crippen LogP contribution >= 0.6 is 0 Å². The Morgan fingerprint density at radius 3 is 2.00 bits per heavy atom. The Kier molecular flexibility index (Phi) is 7.96. The largest absolute Gasteiger partial charge is 0.468 e. The van der Waals surface area contributed by atoms with Gasteiger partial charge >= 0.3 is 12.1 Å². The van der Waals surface area contributed by atoms with Gasteiger partial charge in [0, 0.05) is 12.2 Å². The van der Waals surface area contributed by atoms with Crippen LogP contribution < -0.4 is 0 Å². The van der Waals surface area contributed by atoms with Crippen molar-refractivity contribution in [3.05, 3.63) is 70.8 Å². The number of rotatable bonds is 9. The fourth-order valence-electron chi connectivity index (χ4n) is 2.99. The second kappa shape index (κ2) is 10.2. The number of alkyl halides is 3. The van der Waals surface area contributed by atoms with E-state index in [4.69, 9.17) is 9.84 Å². The van der Waals surface area contributed by atoms with Crippen LogP contribution in [0.3, 0.4) is 0 Å². The summed E-state index contributed by atoms with van der Waals surface area (Å²) in [6, 6.07) is 11.5. The van der Waals surface area contributed by atoms with Crippen LogP contribution in [0, 0.1) is 5.92 Å². The number of hydrogen-bond acceptors (Lipinski definition) is 4. The third-order valence-electron chi connectivity index (χ3n) is 4.67. The third kappa shape index (κ3) is 6.42. The highest BCUT2D eigenvalue weighted by molar-refractivity contribution is 6.08. The minimum absolute atomic E-state index is 0.0350. The zero-order valence-corrected chi connectivity index (χ0v) is 16.0. The lowest BCUT2D eigenvalue weighted by molar-refractivity contribution is -0.144. The van der Waals surface area contributed by atoms with Crippen LogP contribution in [0.15, 0.2) is 48.5 Å². The summed E-state index contributed by atoms with van der Waals surface area (Å²) < 4.78 is 42.8. The smallest absolute Gasteiger partial charge is 0.416 e. The molecule has 0 aromatic heterocycles. The molecular weight excluding hydrogens is 385 g/mol. The Morgan fingerprint density at radius 2 is 1.52 bits per heavy atom. The number of hydrogen-bond donors (Lipinski definition) is 1. The number of Topliss-reactive ketones (excluding diaryl/α,β-unsaturated/α-hetero) is 1. The van der Waals surface area contributed by atoms with E-state index in [-0.39, 0.29) is 18.6 Å². The molecule has 7 heteroatoms.